The number of imidazole rings is 1. The lowest BCUT2D eigenvalue weighted by molar-refractivity contribution is 0.144. The highest BCUT2D eigenvalue weighted by Crippen LogP contribution is 2.27. The van der Waals surface area contributed by atoms with E-state index in [0.717, 1.165) is 24.6 Å². The Morgan fingerprint density at radius 2 is 2.00 bits per heavy atom. The topological polar surface area (TPSA) is 63.3 Å². The van der Waals surface area contributed by atoms with Gasteiger partial charge in [-0.3, -0.25) is 4.68 Å². The summed E-state index contributed by atoms with van der Waals surface area (Å²) in [6.07, 6.45) is -0.984. The van der Waals surface area contributed by atoms with Crippen LogP contribution in [0.4, 0.5) is 14.6 Å². The van der Waals surface area contributed by atoms with E-state index in [1.54, 1.807) is 16.9 Å². The molecular weight excluding hydrogens is 340 g/mol. The van der Waals surface area contributed by atoms with E-state index in [-0.39, 0.29) is 5.69 Å². The van der Waals surface area contributed by atoms with Crippen LogP contribution in [0.15, 0.2) is 24.4 Å². The molecular formula is C17H21F2N7. The van der Waals surface area contributed by atoms with Crippen molar-refractivity contribution in [2.75, 3.05) is 18.0 Å². The highest BCUT2D eigenvalue weighted by molar-refractivity contribution is 5.64. The summed E-state index contributed by atoms with van der Waals surface area (Å²) >= 11 is 0. The quantitative estimate of drug-likeness (QED) is 0.775. The van der Waals surface area contributed by atoms with Crippen LogP contribution in [0.3, 0.4) is 0 Å². The lowest BCUT2D eigenvalue weighted by Crippen LogP contribution is -2.55. The van der Waals surface area contributed by atoms with E-state index >= 15 is 0 Å². The predicted octanol–water partition coefficient (Wildman–Crippen LogP) is 2.25. The summed E-state index contributed by atoms with van der Waals surface area (Å²) in [5, 5.41) is 12.1. The Morgan fingerprint density at radius 3 is 2.77 bits per heavy atom. The first-order valence-electron chi connectivity index (χ1n) is 8.63. The largest absolute Gasteiger partial charge is 0.350 e. The van der Waals surface area contributed by atoms with Crippen LogP contribution in [-0.4, -0.2) is 49.6 Å². The molecule has 0 saturated carbocycles. The maximum atomic E-state index is 13.0. The molecule has 9 heteroatoms. The van der Waals surface area contributed by atoms with Gasteiger partial charge in [0.25, 0.3) is 6.43 Å². The van der Waals surface area contributed by atoms with E-state index in [1.165, 1.54) is 10.6 Å². The number of rotatable bonds is 3. The first kappa shape index (κ1) is 16.9. The van der Waals surface area contributed by atoms with Crippen LogP contribution in [-0.2, 0) is 7.05 Å². The van der Waals surface area contributed by atoms with E-state index in [2.05, 4.69) is 39.2 Å². The molecule has 4 rings (SSSR count). The Hall–Kier alpha value is -2.55. The zero-order valence-corrected chi connectivity index (χ0v) is 14.9. The van der Waals surface area contributed by atoms with Gasteiger partial charge in [-0.2, -0.15) is 10.2 Å². The van der Waals surface area contributed by atoms with Crippen molar-refractivity contribution >= 4 is 11.5 Å². The lowest BCUT2D eigenvalue weighted by atomic mass is 10.1. The number of nitrogens with zero attached hydrogens (tertiary/aromatic N) is 6. The van der Waals surface area contributed by atoms with E-state index in [1.807, 2.05) is 13.1 Å². The molecule has 2 atom stereocenters. The summed E-state index contributed by atoms with van der Waals surface area (Å²) in [6.45, 7) is 6.08. The number of aryl methyl sites for hydroxylation is 1. The summed E-state index contributed by atoms with van der Waals surface area (Å²) in [6, 6.07) is 5.48. The number of fused-ring (bicyclic) bond motifs is 1. The third kappa shape index (κ3) is 2.72. The molecule has 4 heterocycles. The van der Waals surface area contributed by atoms with E-state index in [9.17, 15) is 8.78 Å². The fourth-order valence-electron chi connectivity index (χ4n) is 3.39. The first-order chi connectivity index (χ1) is 12.5. The van der Waals surface area contributed by atoms with Crippen LogP contribution in [0.5, 0.6) is 0 Å². The minimum atomic E-state index is -2.63. The average Bonchev–Trinajstić information content (AvgIpc) is 3.19. The molecule has 1 saturated heterocycles. The minimum absolute atomic E-state index is 0.274. The number of alkyl halides is 2. The van der Waals surface area contributed by atoms with Gasteiger partial charge in [0.1, 0.15) is 11.4 Å². The van der Waals surface area contributed by atoms with Crippen molar-refractivity contribution in [3.8, 4) is 11.4 Å². The molecule has 1 fully saturated rings. The molecule has 3 aromatic heterocycles. The van der Waals surface area contributed by atoms with Crippen molar-refractivity contribution in [3.63, 3.8) is 0 Å². The molecule has 0 amide bonds. The van der Waals surface area contributed by atoms with Crippen molar-refractivity contribution in [2.45, 2.75) is 32.4 Å². The van der Waals surface area contributed by atoms with Crippen LogP contribution in [0, 0.1) is 0 Å². The van der Waals surface area contributed by atoms with Crippen LogP contribution in [0.25, 0.3) is 17.0 Å². The van der Waals surface area contributed by atoms with Crippen molar-refractivity contribution in [3.05, 3.63) is 30.1 Å². The maximum Gasteiger partial charge on any atom is 0.282 e. The fraction of sp³-hybridized carbons (Fsp3) is 0.471. The summed E-state index contributed by atoms with van der Waals surface area (Å²) in [5.41, 5.74) is 1.67. The molecule has 7 nitrogen and oxygen atoms in total. The molecule has 0 aliphatic carbocycles. The number of halogens is 2. The summed E-state index contributed by atoms with van der Waals surface area (Å²) in [5.74, 6) is 0.864. The molecule has 3 aromatic rings. The molecule has 138 valence electrons. The number of anilines is 1. The fourth-order valence-corrected chi connectivity index (χ4v) is 3.39. The Bertz CT molecular complexity index is 932. The SMILES string of the molecule is CC1NCCN(c2cc(-c3cnc4ccc(C(F)F)nn34)n(C)n2)C1C. The second-order valence-electron chi connectivity index (χ2n) is 6.66. The van der Waals surface area contributed by atoms with Crippen LogP contribution in [0.1, 0.15) is 26.0 Å². The van der Waals surface area contributed by atoms with Gasteiger partial charge in [-0.05, 0) is 26.0 Å². The van der Waals surface area contributed by atoms with Gasteiger partial charge < -0.3 is 10.2 Å². The summed E-state index contributed by atoms with van der Waals surface area (Å²) < 4.78 is 29.2. The van der Waals surface area contributed by atoms with Gasteiger partial charge in [-0.25, -0.2) is 18.3 Å². The normalized spacial score (nSPS) is 21.1. The molecule has 0 bridgehead atoms. The molecule has 1 N–H and O–H groups in total. The van der Waals surface area contributed by atoms with Crippen molar-refractivity contribution in [1.82, 2.24) is 29.7 Å². The van der Waals surface area contributed by atoms with Crippen LogP contribution < -0.4 is 10.2 Å². The maximum absolute atomic E-state index is 13.0. The summed E-state index contributed by atoms with van der Waals surface area (Å²) in [4.78, 5) is 6.53. The monoisotopic (exact) mass is 361 g/mol. The molecule has 0 spiro atoms. The second-order valence-corrected chi connectivity index (χ2v) is 6.66. The zero-order valence-electron chi connectivity index (χ0n) is 14.9. The number of nitrogens with one attached hydrogen (secondary N) is 1. The third-order valence-electron chi connectivity index (χ3n) is 5.06. The highest BCUT2D eigenvalue weighted by Gasteiger charge is 2.27. The lowest BCUT2D eigenvalue weighted by Gasteiger charge is -2.38. The number of hydrogen-bond donors (Lipinski definition) is 1. The Labute approximate surface area is 149 Å². The number of piperazine rings is 1. The van der Waals surface area contributed by atoms with Gasteiger partial charge >= 0.3 is 0 Å². The summed E-state index contributed by atoms with van der Waals surface area (Å²) in [7, 11) is 1.84. The first-order valence-corrected chi connectivity index (χ1v) is 8.63. The van der Waals surface area contributed by atoms with Crippen LogP contribution in [0.2, 0.25) is 0 Å². The van der Waals surface area contributed by atoms with Crippen molar-refractivity contribution < 1.29 is 8.78 Å². The molecule has 1 aliphatic heterocycles. The van der Waals surface area contributed by atoms with Gasteiger partial charge in [-0.15, -0.1) is 0 Å². The van der Waals surface area contributed by atoms with Gasteiger partial charge in [0.2, 0.25) is 0 Å². The standard InChI is InChI=1S/C17H21F2N7/c1-10-11(2)25(7-6-20-10)16-8-13(24(3)23-16)14-9-21-15-5-4-12(17(18)19)22-26(14)15/h4-5,8-11,17,20H,6-7H2,1-3H3. The van der Waals surface area contributed by atoms with E-state index in [0.29, 0.717) is 23.4 Å². The molecule has 2 unspecified atom stereocenters. The van der Waals surface area contributed by atoms with Gasteiger partial charge in [0.15, 0.2) is 11.5 Å². The Morgan fingerprint density at radius 1 is 1.19 bits per heavy atom. The minimum Gasteiger partial charge on any atom is -0.350 e. The van der Waals surface area contributed by atoms with Gasteiger partial charge in [-0.1, -0.05) is 0 Å². The average molecular weight is 361 g/mol. The third-order valence-corrected chi connectivity index (χ3v) is 5.06. The number of aromatic nitrogens is 5. The number of hydrogen-bond acceptors (Lipinski definition) is 5. The van der Waals surface area contributed by atoms with E-state index < -0.39 is 6.43 Å². The molecule has 0 aromatic carbocycles. The highest BCUT2D eigenvalue weighted by atomic mass is 19.3. The Balaban J connectivity index is 1.76. The van der Waals surface area contributed by atoms with E-state index in [4.69, 9.17) is 0 Å². The van der Waals surface area contributed by atoms with Gasteiger partial charge in [0, 0.05) is 38.3 Å². The second kappa shape index (κ2) is 6.31. The Kier molecular flexibility index (Phi) is 4.10. The molecule has 1 aliphatic rings. The van der Waals surface area contributed by atoms with Gasteiger partial charge in [0.05, 0.1) is 11.9 Å². The van der Waals surface area contributed by atoms with Crippen LogP contribution >= 0.6 is 0 Å². The molecule has 0 radical (unpaired) electrons. The smallest absolute Gasteiger partial charge is 0.282 e. The van der Waals surface area contributed by atoms with Crippen molar-refractivity contribution in [1.29, 1.82) is 0 Å². The predicted molar refractivity (Wildman–Crippen MR) is 94.4 cm³/mol. The zero-order chi connectivity index (χ0) is 18.4. The molecule has 26 heavy (non-hydrogen) atoms. The van der Waals surface area contributed by atoms with Crippen molar-refractivity contribution in [2.24, 2.45) is 7.05 Å².